The molecule has 0 N–H and O–H groups in total. The second-order valence-corrected chi connectivity index (χ2v) is 9.25. The average molecular weight is 457 g/mol. The van der Waals surface area contributed by atoms with Crippen LogP contribution in [-0.2, 0) is 30.2 Å². The maximum absolute atomic E-state index is 13.3. The van der Waals surface area contributed by atoms with Gasteiger partial charge in [-0.25, -0.2) is 9.59 Å². The van der Waals surface area contributed by atoms with E-state index in [4.69, 9.17) is 9.47 Å². The van der Waals surface area contributed by atoms with Crippen LogP contribution in [0, 0.1) is 0 Å². The van der Waals surface area contributed by atoms with E-state index in [0.29, 0.717) is 16.9 Å². The minimum absolute atomic E-state index is 0.361. The van der Waals surface area contributed by atoms with Crippen LogP contribution in [0.25, 0.3) is 0 Å². The first-order valence-corrected chi connectivity index (χ1v) is 12.0. The minimum atomic E-state index is -0.808. The van der Waals surface area contributed by atoms with Crippen molar-refractivity contribution < 1.29 is 19.1 Å². The standard InChI is InChI=1S/C28H24O4S/c1-31-26(29)24-23-19-12-6-8-14-21(19)28(25(24)27(30)32-2,22-15-9-7-13-20(22)23)17-33-16-18-10-4-3-5-11-18/h3-15,23H,16-17H2,1-2H3. The van der Waals surface area contributed by atoms with Gasteiger partial charge in [0.2, 0.25) is 0 Å². The van der Waals surface area contributed by atoms with Gasteiger partial charge >= 0.3 is 11.9 Å². The Bertz CT molecular complexity index is 1210. The molecular formula is C28H24O4S. The van der Waals surface area contributed by atoms with E-state index < -0.39 is 17.4 Å². The van der Waals surface area contributed by atoms with E-state index in [1.54, 1.807) is 11.8 Å². The Kier molecular flexibility index (Phi) is 5.59. The van der Waals surface area contributed by atoms with Gasteiger partial charge in [-0.15, -0.1) is 0 Å². The fourth-order valence-electron chi connectivity index (χ4n) is 5.38. The highest BCUT2D eigenvalue weighted by atomic mass is 32.2. The zero-order valence-electron chi connectivity index (χ0n) is 18.5. The minimum Gasteiger partial charge on any atom is -0.466 e. The molecule has 3 aliphatic carbocycles. The van der Waals surface area contributed by atoms with Crippen molar-refractivity contribution in [3.05, 3.63) is 118 Å². The van der Waals surface area contributed by atoms with Crippen molar-refractivity contribution in [2.24, 2.45) is 0 Å². The van der Waals surface area contributed by atoms with Crippen LogP contribution < -0.4 is 0 Å². The van der Waals surface area contributed by atoms with Crippen molar-refractivity contribution in [3.8, 4) is 0 Å². The first-order valence-electron chi connectivity index (χ1n) is 10.8. The third kappa shape index (κ3) is 3.22. The summed E-state index contributed by atoms with van der Waals surface area (Å²) in [5, 5.41) is 0. The van der Waals surface area contributed by atoms with Crippen LogP contribution in [0.4, 0.5) is 0 Å². The topological polar surface area (TPSA) is 52.6 Å². The summed E-state index contributed by atoms with van der Waals surface area (Å²) in [6, 6.07) is 26.5. The molecule has 0 heterocycles. The van der Waals surface area contributed by atoms with E-state index in [1.807, 2.05) is 42.5 Å². The van der Waals surface area contributed by atoms with Gasteiger partial charge in [0.1, 0.15) is 0 Å². The number of thioether (sulfide) groups is 1. The molecule has 0 unspecified atom stereocenters. The zero-order chi connectivity index (χ0) is 23.0. The molecule has 5 heteroatoms. The Balaban J connectivity index is 1.75. The lowest BCUT2D eigenvalue weighted by Crippen LogP contribution is -2.48. The van der Waals surface area contributed by atoms with E-state index in [0.717, 1.165) is 28.0 Å². The van der Waals surface area contributed by atoms with Gasteiger partial charge in [-0.05, 0) is 27.8 Å². The monoisotopic (exact) mass is 456 g/mol. The van der Waals surface area contributed by atoms with Crippen molar-refractivity contribution in [3.63, 3.8) is 0 Å². The normalized spacial score (nSPS) is 20.1. The molecule has 0 atom stereocenters. The number of hydrogen-bond acceptors (Lipinski definition) is 5. The molecule has 6 rings (SSSR count). The smallest absolute Gasteiger partial charge is 0.335 e. The van der Waals surface area contributed by atoms with Crippen LogP contribution in [0.1, 0.15) is 33.7 Å². The highest BCUT2D eigenvalue weighted by Gasteiger charge is 2.57. The summed E-state index contributed by atoms with van der Waals surface area (Å²) in [7, 11) is 2.73. The molecule has 4 nitrogen and oxygen atoms in total. The van der Waals surface area contributed by atoms with Gasteiger partial charge in [0.15, 0.2) is 0 Å². The van der Waals surface area contributed by atoms with Crippen LogP contribution in [0.3, 0.4) is 0 Å². The third-order valence-electron chi connectivity index (χ3n) is 6.67. The summed E-state index contributed by atoms with van der Waals surface area (Å²) in [5.74, 6) is 0.0536. The molecule has 2 bridgehead atoms. The molecule has 0 radical (unpaired) electrons. The Hall–Kier alpha value is -3.31. The second-order valence-electron chi connectivity index (χ2n) is 8.26. The van der Waals surface area contributed by atoms with Gasteiger partial charge in [-0.1, -0.05) is 78.9 Å². The van der Waals surface area contributed by atoms with E-state index in [1.165, 1.54) is 19.8 Å². The van der Waals surface area contributed by atoms with E-state index >= 15 is 0 Å². The summed E-state index contributed by atoms with van der Waals surface area (Å²) >= 11 is 1.75. The van der Waals surface area contributed by atoms with E-state index in [9.17, 15) is 9.59 Å². The lowest BCUT2D eigenvalue weighted by Gasteiger charge is -2.50. The second kappa shape index (κ2) is 8.56. The van der Waals surface area contributed by atoms with Gasteiger partial charge in [0.05, 0.1) is 30.8 Å². The summed E-state index contributed by atoms with van der Waals surface area (Å²) < 4.78 is 10.5. The van der Waals surface area contributed by atoms with Crippen molar-refractivity contribution in [2.75, 3.05) is 20.0 Å². The quantitative estimate of drug-likeness (QED) is 0.488. The first kappa shape index (κ1) is 21.5. The Morgan fingerprint density at radius 1 is 0.788 bits per heavy atom. The largest absolute Gasteiger partial charge is 0.466 e. The van der Waals surface area contributed by atoms with Gasteiger partial charge < -0.3 is 9.47 Å². The van der Waals surface area contributed by atoms with Crippen LogP contribution >= 0.6 is 11.8 Å². The molecule has 0 aliphatic heterocycles. The SMILES string of the molecule is COC(=O)C1=C(C(=O)OC)C2(CSCc3ccccc3)c3ccccc3C1c1ccccc12. The molecular weight excluding hydrogens is 432 g/mol. The zero-order valence-corrected chi connectivity index (χ0v) is 19.4. The molecule has 3 aliphatic rings. The predicted octanol–water partition coefficient (Wildman–Crippen LogP) is 5.01. The highest BCUT2D eigenvalue weighted by Crippen LogP contribution is 2.60. The maximum atomic E-state index is 13.3. The van der Waals surface area contributed by atoms with E-state index in [2.05, 4.69) is 36.4 Å². The molecule has 0 amide bonds. The van der Waals surface area contributed by atoms with Gasteiger partial charge in [-0.3, -0.25) is 0 Å². The molecule has 3 aromatic rings. The van der Waals surface area contributed by atoms with Crippen molar-refractivity contribution in [1.82, 2.24) is 0 Å². The fraction of sp³-hybridized carbons (Fsp3) is 0.214. The van der Waals surface area contributed by atoms with Crippen molar-refractivity contribution in [2.45, 2.75) is 17.1 Å². The molecule has 166 valence electrons. The van der Waals surface area contributed by atoms with Crippen LogP contribution in [0.15, 0.2) is 90.0 Å². The summed E-state index contributed by atoms with van der Waals surface area (Å²) in [5.41, 5.74) is 5.40. The number of esters is 2. The highest BCUT2D eigenvalue weighted by molar-refractivity contribution is 7.98. The molecule has 33 heavy (non-hydrogen) atoms. The Morgan fingerprint density at radius 2 is 1.33 bits per heavy atom. The van der Waals surface area contributed by atoms with Crippen LogP contribution in [-0.4, -0.2) is 31.9 Å². The average Bonchev–Trinajstić information content (AvgIpc) is 2.88. The molecule has 0 aromatic heterocycles. The number of rotatable bonds is 6. The molecule has 0 fully saturated rings. The number of carbonyl (C=O) groups is 2. The summed E-state index contributed by atoms with van der Waals surface area (Å²) in [6.07, 6.45) is 0. The van der Waals surface area contributed by atoms with Gasteiger partial charge in [0, 0.05) is 17.4 Å². The number of carbonyl (C=O) groups excluding carboxylic acids is 2. The fourth-order valence-corrected chi connectivity index (χ4v) is 6.67. The summed E-state index contributed by atoms with van der Waals surface area (Å²) in [4.78, 5) is 26.5. The van der Waals surface area contributed by atoms with E-state index in [-0.39, 0.29) is 5.92 Å². The number of hydrogen-bond donors (Lipinski definition) is 0. The van der Waals surface area contributed by atoms with Crippen molar-refractivity contribution >= 4 is 23.7 Å². The number of methoxy groups -OCH3 is 2. The summed E-state index contributed by atoms with van der Waals surface area (Å²) in [6.45, 7) is 0. The third-order valence-corrected chi connectivity index (χ3v) is 7.85. The van der Waals surface area contributed by atoms with Gasteiger partial charge in [0.25, 0.3) is 0 Å². The number of ether oxygens (including phenoxy) is 2. The Labute approximate surface area is 197 Å². The van der Waals surface area contributed by atoms with Gasteiger partial charge in [-0.2, -0.15) is 11.8 Å². The lowest BCUT2D eigenvalue weighted by atomic mass is 9.53. The molecule has 0 spiro atoms. The molecule has 0 saturated heterocycles. The van der Waals surface area contributed by atoms with Crippen LogP contribution in [0.2, 0.25) is 0 Å². The Morgan fingerprint density at radius 3 is 1.91 bits per heavy atom. The maximum Gasteiger partial charge on any atom is 0.335 e. The van der Waals surface area contributed by atoms with Crippen LogP contribution in [0.5, 0.6) is 0 Å². The van der Waals surface area contributed by atoms with Crippen molar-refractivity contribution in [1.29, 1.82) is 0 Å². The first-order chi connectivity index (χ1) is 16.1. The lowest BCUT2D eigenvalue weighted by molar-refractivity contribution is -0.140. The molecule has 3 aromatic carbocycles. The number of benzene rings is 3. The molecule has 0 saturated carbocycles. The predicted molar refractivity (Wildman–Crippen MR) is 129 cm³/mol.